The molecule has 0 spiro atoms. The van der Waals surface area contributed by atoms with Gasteiger partial charge in [0.15, 0.2) is 11.0 Å². The second kappa shape index (κ2) is 15.2. The van der Waals surface area contributed by atoms with Crippen LogP contribution >= 0.6 is 11.8 Å². The third-order valence-corrected chi connectivity index (χ3v) is 9.25. The molecular weight excluding hydrogens is 566 g/mol. The average Bonchev–Trinajstić information content (AvgIpc) is 3.48. The van der Waals surface area contributed by atoms with Crippen molar-refractivity contribution in [2.45, 2.75) is 70.5 Å². The van der Waals surface area contributed by atoms with Crippen molar-refractivity contribution in [3.8, 4) is 17.1 Å². The Bertz CT molecular complexity index is 1520. The molecule has 0 radical (unpaired) electrons. The number of thioether (sulfide) groups is 1. The zero-order valence-electron chi connectivity index (χ0n) is 26.1. The number of carbonyl (C=O) groups is 2. The maximum Gasteiger partial charge on any atom is 0.254 e. The fourth-order valence-electron chi connectivity index (χ4n) is 5.61. The number of unbranched alkanes of at least 4 members (excludes halogenated alkanes) is 2. The van der Waals surface area contributed by atoms with Crippen molar-refractivity contribution in [2.75, 3.05) is 25.4 Å². The number of nitrogens with zero attached hydrogens (tertiary/aromatic N) is 5. The third kappa shape index (κ3) is 7.78. The molecule has 230 valence electrons. The normalized spacial score (nSPS) is 15.0. The van der Waals surface area contributed by atoms with Gasteiger partial charge < -0.3 is 9.80 Å². The SMILES string of the molecule is CCCCc1ccc(C(=O)N2CCN(C(=O)CCCCSc3nnc(-c4ccc(C)cc4)n3-c3ccccc3)CC2C)cc1. The summed E-state index contributed by atoms with van der Waals surface area (Å²) in [5.41, 5.74) is 5.26. The van der Waals surface area contributed by atoms with Gasteiger partial charge in [0, 0.05) is 54.7 Å². The van der Waals surface area contributed by atoms with E-state index in [-0.39, 0.29) is 17.9 Å². The lowest BCUT2D eigenvalue weighted by molar-refractivity contribution is -0.133. The van der Waals surface area contributed by atoms with Gasteiger partial charge >= 0.3 is 0 Å². The van der Waals surface area contributed by atoms with E-state index in [1.807, 2.05) is 47.1 Å². The van der Waals surface area contributed by atoms with Crippen LogP contribution in [0.4, 0.5) is 0 Å². The number of aromatic nitrogens is 3. The molecule has 7 nitrogen and oxygen atoms in total. The largest absolute Gasteiger partial charge is 0.339 e. The van der Waals surface area contributed by atoms with Crippen molar-refractivity contribution < 1.29 is 9.59 Å². The molecule has 2 heterocycles. The van der Waals surface area contributed by atoms with E-state index >= 15 is 0 Å². The van der Waals surface area contributed by atoms with Crippen molar-refractivity contribution in [2.24, 2.45) is 0 Å². The van der Waals surface area contributed by atoms with Crippen LogP contribution in [-0.2, 0) is 11.2 Å². The lowest BCUT2D eigenvalue weighted by atomic mass is 10.0. The Kier molecular flexibility index (Phi) is 10.9. The molecule has 1 aromatic heterocycles. The highest BCUT2D eigenvalue weighted by atomic mass is 32.2. The van der Waals surface area contributed by atoms with Gasteiger partial charge in [0.25, 0.3) is 5.91 Å². The zero-order chi connectivity index (χ0) is 30.9. The molecule has 1 fully saturated rings. The van der Waals surface area contributed by atoms with E-state index in [4.69, 9.17) is 0 Å². The summed E-state index contributed by atoms with van der Waals surface area (Å²) in [6.07, 6.45) is 5.60. The number of para-hydroxylation sites is 1. The molecule has 1 unspecified atom stereocenters. The number of benzene rings is 3. The minimum absolute atomic E-state index is 0.0115. The standard InChI is InChI=1S/C36H43N5O2S/c1-4-5-11-29-17-21-31(22-18-29)35(43)40-24-23-39(26-28(40)3)33(42)14-9-10-25-44-36-38-37-34(30-19-15-27(2)16-20-30)41(36)32-12-7-6-8-13-32/h6-8,12-13,15-22,28H,4-5,9-11,14,23-26H2,1-3H3. The Labute approximate surface area is 265 Å². The Balaban J connectivity index is 1.10. The van der Waals surface area contributed by atoms with Gasteiger partial charge in [0.2, 0.25) is 5.91 Å². The van der Waals surface area contributed by atoms with Crippen molar-refractivity contribution >= 4 is 23.6 Å². The van der Waals surface area contributed by atoms with Gasteiger partial charge in [-0.1, -0.05) is 85.3 Å². The monoisotopic (exact) mass is 609 g/mol. The lowest BCUT2D eigenvalue weighted by Gasteiger charge is -2.40. The summed E-state index contributed by atoms with van der Waals surface area (Å²) in [6, 6.07) is 26.6. The average molecular weight is 610 g/mol. The quantitative estimate of drug-likeness (QED) is 0.125. The van der Waals surface area contributed by atoms with Crippen LogP contribution in [0.2, 0.25) is 0 Å². The van der Waals surface area contributed by atoms with Crippen molar-refractivity contribution in [1.29, 1.82) is 0 Å². The van der Waals surface area contributed by atoms with Gasteiger partial charge in [-0.15, -0.1) is 10.2 Å². The highest BCUT2D eigenvalue weighted by molar-refractivity contribution is 7.99. The zero-order valence-corrected chi connectivity index (χ0v) is 26.9. The van der Waals surface area contributed by atoms with E-state index < -0.39 is 0 Å². The number of carbonyl (C=O) groups excluding carboxylic acids is 2. The van der Waals surface area contributed by atoms with E-state index in [2.05, 4.69) is 77.1 Å². The van der Waals surface area contributed by atoms with E-state index in [0.717, 1.165) is 65.7 Å². The van der Waals surface area contributed by atoms with E-state index in [1.165, 1.54) is 11.1 Å². The van der Waals surface area contributed by atoms with E-state index in [1.54, 1.807) is 11.8 Å². The number of hydrogen-bond donors (Lipinski definition) is 0. The minimum Gasteiger partial charge on any atom is -0.339 e. The van der Waals surface area contributed by atoms with Crippen molar-refractivity contribution in [1.82, 2.24) is 24.6 Å². The molecule has 44 heavy (non-hydrogen) atoms. The van der Waals surface area contributed by atoms with Crippen molar-refractivity contribution in [3.05, 3.63) is 95.6 Å². The van der Waals surface area contributed by atoms with Gasteiger partial charge in [-0.3, -0.25) is 14.2 Å². The maximum atomic E-state index is 13.2. The van der Waals surface area contributed by atoms with Crippen LogP contribution in [0.5, 0.6) is 0 Å². The predicted molar refractivity (Wildman–Crippen MR) is 178 cm³/mol. The Morgan fingerprint density at radius 1 is 0.886 bits per heavy atom. The molecule has 3 aromatic carbocycles. The highest BCUT2D eigenvalue weighted by Gasteiger charge is 2.30. The Hall–Kier alpha value is -3.91. The second-order valence-corrected chi connectivity index (χ2v) is 12.7. The van der Waals surface area contributed by atoms with Crippen LogP contribution in [0.3, 0.4) is 0 Å². The fraction of sp³-hybridized carbons (Fsp3) is 0.389. The second-order valence-electron chi connectivity index (χ2n) is 11.6. The van der Waals surface area contributed by atoms with Gasteiger partial charge in [-0.2, -0.15) is 0 Å². The summed E-state index contributed by atoms with van der Waals surface area (Å²) in [7, 11) is 0. The molecule has 1 aliphatic rings. The minimum atomic E-state index is -0.0115. The first kappa shape index (κ1) is 31.5. The molecule has 5 rings (SSSR count). The fourth-order valence-corrected chi connectivity index (χ4v) is 6.56. The third-order valence-electron chi connectivity index (χ3n) is 8.23. The summed E-state index contributed by atoms with van der Waals surface area (Å²) < 4.78 is 2.11. The Morgan fingerprint density at radius 2 is 1.64 bits per heavy atom. The van der Waals surface area contributed by atoms with E-state index in [0.29, 0.717) is 26.1 Å². The van der Waals surface area contributed by atoms with Gasteiger partial charge in [0.05, 0.1) is 0 Å². The summed E-state index contributed by atoms with van der Waals surface area (Å²) in [5, 5.41) is 9.93. The van der Waals surface area contributed by atoms with Gasteiger partial charge in [-0.05, 0) is 69.4 Å². The topological polar surface area (TPSA) is 71.3 Å². The number of rotatable bonds is 12. The molecule has 1 saturated heterocycles. The van der Waals surface area contributed by atoms with Crippen LogP contribution in [0, 0.1) is 6.92 Å². The van der Waals surface area contributed by atoms with Crippen LogP contribution < -0.4 is 0 Å². The number of hydrogen-bond acceptors (Lipinski definition) is 5. The van der Waals surface area contributed by atoms with Crippen LogP contribution in [0.1, 0.15) is 67.4 Å². The molecular formula is C36H43N5O2S. The molecule has 1 aliphatic heterocycles. The Morgan fingerprint density at radius 3 is 2.34 bits per heavy atom. The number of aryl methyl sites for hydroxylation is 2. The van der Waals surface area contributed by atoms with E-state index in [9.17, 15) is 9.59 Å². The van der Waals surface area contributed by atoms with Crippen molar-refractivity contribution in [3.63, 3.8) is 0 Å². The van der Waals surface area contributed by atoms with Crippen LogP contribution in [-0.4, -0.2) is 67.8 Å². The molecule has 0 N–H and O–H groups in total. The first-order valence-corrected chi connectivity index (χ1v) is 16.8. The summed E-state index contributed by atoms with van der Waals surface area (Å²) in [5.74, 6) is 1.90. The van der Waals surface area contributed by atoms with Gasteiger partial charge in [0.1, 0.15) is 0 Å². The summed E-state index contributed by atoms with van der Waals surface area (Å²) in [4.78, 5) is 30.1. The molecule has 0 saturated carbocycles. The molecule has 0 bridgehead atoms. The molecule has 2 amide bonds. The maximum absolute atomic E-state index is 13.2. The number of amides is 2. The first-order valence-electron chi connectivity index (χ1n) is 15.8. The first-order chi connectivity index (χ1) is 21.4. The smallest absolute Gasteiger partial charge is 0.254 e. The number of piperazine rings is 1. The van der Waals surface area contributed by atoms with Crippen LogP contribution in [0.15, 0.2) is 84.0 Å². The summed E-state index contributed by atoms with van der Waals surface area (Å²) in [6.45, 7) is 8.03. The van der Waals surface area contributed by atoms with Crippen LogP contribution in [0.25, 0.3) is 17.1 Å². The highest BCUT2D eigenvalue weighted by Crippen LogP contribution is 2.29. The molecule has 4 aromatic rings. The molecule has 8 heteroatoms. The predicted octanol–water partition coefficient (Wildman–Crippen LogP) is 7.22. The molecule has 0 aliphatic carbocycles. The van der Waals surface area contributed by atoms with Gasteiger partial charge in [-0.25, -0.2) is 0 Å². The molecule has 1 atom stereocenters. The lowest BCUT2D eigenvalue weighted by Crippen LogP contribution is -2.55. The summed E-state index contributed by atoms with van der Waals surface area (Å²) >= 11 is 1.67.